The van der Waals surface area contributed by atoms with E-state index in [0.29, 0.717) is 29.6 Å². The summed E-state index contributed by atoms with van der Waals surface area (Å²) in [7, 11) is -3.48. The average Bonchev–Trinajstić information content (AvgIpc) is 2.39. The van der Waals surface area contributed by atoms with E-state index in [-0.39, 0.29) is 6.54 Å². The van der Waals surface area contributed by atoms with Gasteiger partial charge in [0.25, 0.3) is 0 Å². The van der Waals surface area contributed by atoms with Gasteiger partial charge < -0.3 is 5.11 Å². The third kappa shape index (κ3) is 2.93. The van der Waals surface area contributed by atoms with Crippen LogP contribution in [0.15, 0.2) is 29.2 Å². The minimum absolute atomic E-state index is 0.195. The Morgan fingerprint density at radius 1 is 1.44 bits per heavy atom. The fourth-order valence-electron chi connectivity index (χ4n) is 2.08. The molecule has 2 rings (SSSR count). The van der Waals surface area contributed by atoms with Crippen molar-refractivity contribution < 1.29 is 13.5 Å². The lowest BCUT2D eigenvalue weighted by Gasteiger charge is -2.29. The Morgan fingerprint density at radius 3 is 2.89 bits per heavy atom. The normalized spacial score (nSPS) is 22.0. The summed E-state index contributed by atoms with van der Waals surface area (Å²) in [5, 5.41) is 10.2. The van der Waals surface area contributed by atoms with E-state index in [4.69, 9.17) is 0 Å². The Hall–Kier alpha value is -0.430. The molecule has 0 aromatic heterocycles. The van der Waals surface area contributed by atoms with Gasteiger partial charge in [-0.05, 0) is 30.5 Å². The number of piperidine rings is 1. The number of aliphatic hydroxyl groups is 1. The molecule has 1 saturated heterocycles. The maximum absolute atomic E-state index is 12.4. The van der Waals surface area contributed by atoms with Crippen LogP contribution >= 0.6 is 15.9 Å². The smallest absolute Gasteiger partial charge is 0.243 e. The summed E-state index contributed by atoms with van der Waals surface area (Å²) in [6.45, 7) is 0.679. The van der Waals surface area contributed by atoms with Gasteiger partial charge >= 0.3 is 0 Å². The minimum atomic E-state index is -3.48. The van der Waals surface area contributed by atoms with Crippen LogP contribution in [0.1, 0.15) is 18.4 Å². The van der Waals surface area contributed by atoms with Crippen LogP contribution in [0.2, 0.25) is 0 Å². The van der Waals surface area contributed by atoms with Crippen LogP contribution in [0, 0.1) is 0 Å². The number of nitrogens with zero attached hydrogens (tertiary/aromatic N) is 1. The van der Waals surface area contributed by atoms with Crippen molar-refractivity contribution in [1.82, 2.24) is 4.31 Å². The molecule has 1 atom stereocenters. The monoisotopic (exact) mass is 333 g/mol. The molecule has 1 fully saturated rings. The van der Waals surface area contributed by atoms with Gasteiger partial charge in [-0.25, -0.2) is 8.42 Å². The first-order valence-electron chi connectivity index (χ1n) is 5.87. The highest BCUT2D eigenvalue weighted by Gasteiger charge is 2.29. The molecule has 0 aliphatic carbocycles. The second-order valence-electron chi connectivity index (χ2n) is 4.44. The molecule has 4 nitrogen and oxygen atoms in total. The first-order valence-corrected chi connectivity index (χ1v) is 8.43. The zero-order valence-electron chi connectivity index (χ0n) is 9.92. The standard InChI is InChI=1S/C12H16BrNO3S/c13-8-10-3-1-5-12(7-10)18(16,17)14-6-2-4-11(15)9-14/h1,3,5,7,11,15H,2,4,6,8-9H2/t11-/m0/s1. The van der Waals surface area contributed by atoms with E-state index >= 15 is 0 Å². The second-order valence-corrected chi connectivity index (χ2v) is 6.94. The fraction of sp³-hybridized carbons (Fsp3) is 0.500. The van der Waals surface area contributed by atoms with Crippen LogP contribution in [0.5, 0.6) is 0 Å². The summed E-state index contributed by atoms with van der Waals surface area (Å²) in [6.07, 6.45) is 0.833. The maximum atomic E-state index is 12.4. The molecular weight excluding hydrogens is 318 g/mol. The molecular formula is C12H16BrNO3S. The fourth-order valence-corrected chi connectivity index (χ4v) is 4.01. The van der Waals surface area contributed by atoms with Crippen molar-refractivity contribution in [3.8, 4) is 0 Å². The first kappa shape index (κ1) is 14.0. The number of benzene rings is 1. The zero-order chi connectivity index (χ0) is 13.2. The Bertz CT molecular complexity index is 518. The Balaban J connectivity index is 2.29. The number of halogens is 1. The highest BCUT2D eigenvalue weighted by molar-refractivity contribution is 9.08. The molecule has 1 N–H and O–H groups in total. The number of hydrogen-bond acceptors (Lipinski definition) is 3. The van der Waals surface area contributed by atoms with E-state index in [1.807, 2.05) is 6.07 Å². The number of β-amino-alcohol motifs (C(OH)–C–C–N with tert-alkyl or cyclic N) is 1. The topological polar surface area (TPSA) is 57.6 Å². The van der Waals surface area contributed by atoms with E-state index in [9.17, 15) is 13.5 Å². The third-order valence-corrected chi connectivity index (χ3v) is 5.56. The SMILES string of the molecule is O=S(=O)(c1cccc(CBr)c1)N1CCC[C@H](O)C1. The van der Waals surface area contributed by atoms with Gasteiger partial charge in [-0.15, -0.1) is 0 Å². The Labute approximate surface area is 116 Å². The van der Waals surface area contributed by atoms with Crippen LogP contribution in [0.4, 0.5) is 0 Å². The van der Waals surface area contributed by atoms with E-state index in [1.54, 1.807) is 18.2 Å². The molecule has 1 aliphatic rings. The summed E-state index contributed by atoms with van der Waals surface area (Å²) < 4.78 is 26.2. The molecule has 18 heavy (non-hydrogen) atoms. The van der Waals surface area contributed by atoms with E-state index < -0.39 is 16.1 Å². The van der Waals surface area contributed by atoms with Crippen LogP contribution in [0.25, 0.3) is 0 Å². The lowest BCUT2D eigenvalue weighted by Crippen LogP contribution is -2.42. The third-order valence-electron chi connectivity index (χ3n) is 3.05. The molecule has 1 aromatic carbocycles. The van der Waals surface area contributed by atoms with Gasteiger partial charge in [0.15, 0.2) is 0 Å². The number of rotatable bonds is 3. The van der Waals surface area contributed by atoms with E-state index in [2.05, 4.69) is 15.9 Å². The van der Waals surface area contributed by atoms with Crippen molar-refractivity contribution >= 4 is 26.0 Å². The largest absolute Gasteiger partial charge is 0.392 e. The summed E-state index contributed by atoms with van der Waals surface area (Å²) in [5.74, 6) is 0. The predicted octanol–water partition coefficient (Wildman–Crippen LogP) is 1.73. The molecule has 1 heterocycles. The van der Waals surface area contributed by atoms with E-state index in [0.717, 1.165) is 5.56 Å². The van der Waals surface area contributed by atoms with Crippen LogP contribution in [-0.2, 0) is 15.4 Å². The molecule has 1 aromatic rings. The average molecular weight is 334 g/mol. The van der Waals surface area contributed by atoms with Gasteiger partial charge in [0.05, 0.1) is 11.0 Å². The van der Waals surface area contributed by atoms with E-state index in [1.165, 1.54) is 4.31 Å². The summed E-state index contributed by atoms with van der Waals surface area (Å²) in [4.78, 5) is 0.300. The zero-order valence-corrected chi connectivity index (χ0v) is 12.3. The van der Waals surface area contributed by atoms with Crippen molar-refractivity contribution in [3.05, 3.63) is 29.8 Å². The van der Waals surface area contributed by atoms with Gasteiger partial charge in [0, 0.05) is 18.4 Å². The highest BCUT2D eigenvalue weighted by atomic mass is 79.9. The Kier molecular flexibility index (Phi) is 4.42. The summed E-state index contributed by atoms with van der Waals surface area (Å²) >= 11 is 3.32. The quantitative estimate of drug-likeness (QED) is 0.857. The lowest BCUT2D eigenvalue weighted by atomic mass is 10.1. The number of sulfonamides is 1. The molecule has 0 radical (unpaired) electrons. The molecule has 0 bridgehead atoms. The van der Waals surface area contributed by atoms with Crippen molar-refractivity contribution in [2.45, 2.75) is 29.2 Å². The molecule has 6 heteroatoms. The maximum Gasteiger partial charge on any atom is 0.243 e. The lowest BCUT2D eigenvalue weighted by molar-refractivity contribution is 0.108. The van der Waals surface area contributed by atoms with Crippen LogP contribution in [0.3, 0.4) is 0 Å². The van der Waals surface area contributed by atoms with Gasteiger partial charge in [0.2, 0.25) is 10.0 Å². The van der Waals surface area contributed by atoms with Crippen molar-refractivity contribution in [1.29, 1.82) is 0 Å². The van der Waals surface area contributed by atoms with Crippen molar-refractivity contribution in [2.24, 2.45) is 0 Å². The Morgan fingerprint density at radius 2 is 2.22 bits per heavy atom. The number of hydrogen-bond donors (Lipinski definition) is 1. The minimum Gasteiger partial charge on any atom is -0.392 e. The van der Waals surface area contributed by atoms with Crippen LogP contribution < -0.4 is 0 Å². The molecule has 0 unspecified atom stereocenters. The van der Waals surface area contributed by atoms with Gasteiger partial charge in [-0.2, -0.15) is 4.31 Å². The molecule has 0 spiro atoms. The highest BCUT2D eigenvalue weighted by Crippen LogP contribution is 2.22. The van der Waals surface area contributed by atoms with Gasteiger partial charge in [-0.1, -0.05) is 28.1 Å². The molecule has 0 amide bonds. The van der Waals surface area contributed by atoms with Gasteiger partial charge in [0.1, 0.15) is 0 Å². The van der Waals surface area contributed by atoms with Gasteiger partial charge in [-0.3, -0.25) is 0 Å². The second kappa shape index (κ2) is 5.69. The predicted molar refractivity (Wildman–Crippen MR) is 73.1 cm³/mol. The first-order chi connectivity index (χ1) is 8.54. The number of alkyl halides is 1. The summed E-state index contributed by atoms with van der Waals surface area (Å²) in [5.41, 5.74) is 0.925. The molecule has 100 valence electrons. The van der Waals surface area contributed by atoms with Crippen molar-refractivity contribution in [3.63, 3.8) is 0 Å². The molecule has 1 aliphatic heterocycles. The number of aliphatic hydroxyl groups excluding tert-OH is 1. The van der Waals surface area contributed by atoms with Crippen molar-refractivity contribution in [2.75, 3.05) is 13.1 Å². The molecule has 0 saturated carbocycles. The van der Waals surface area contributed by atoms with Crippen LogP contribution in [-0.4, -0.2) is 37.0 Å². The summed E-state index contributed by atoms with van der Waals surface area (Å²) in [6, 6.07) is 6.89.